The van der Waals surface area contributed by atoms with E-state index < -0.39 is 0 Å². The SMILES string of the molecule is CCc1ccc(C(=O)NCC(N)C2CC2)s1. The Balaban J connectivity index is 1.82. The van der Waals surface area contributed by atoms with E-state index in [4.69, 9.17) is 5.73 Å². The highest BCUT2D eigenvalue weighted by atomic mass is 32.1. The summed E-state index contributed by atoms with van der Waals surface area (Å²) in [6.45, 7) is 2.69. The number of amides is 1. The van der Waals surface area contributed by atoms with Gasteiger partial charge in [-0.25, -0.2) is 0 Å². The molecule has 1 saturated carbocycles. The van der Waals surface area contributed by atoms with Crippen molar-refractivity contribution in [2.75, 3.05) is 6.54 Å². The van der Waals surface area contributed by atoms with Crippen molar-refractivity contribution in [1.29, 1.82) is 0 Å². The zero-order valence-electron chi connectivity index (χ0n) is 9.53. The minimum absolute atomic E-state index is 0.0146. The Hall–Kier alpha value is -0.870. The van der Waals surface area contributed by atoms with Gasteiger partial charge in [0.2, 0.25) is 0 Å². The van der Waals surface area contributed by atoms with Crippen molar-refractivity contribution in [3.63, 3.8) is 0 Å². The van der Waals surface area contributed by atoms with E-state index in [0.717, 1.165) is 11.3 Å². The van der Waals surface area contributed by atoms with Crippen LogP contribution in [0, 0.1) is 5.92 Å². The van der Waals surface area contributed by atoms with Crippen LogP contribution in [0.1, 0.15) is 34.3 Å². The molecule has 3 nitrogen and oxygen atoms in total. The summed E-state index contributed by atoms with van der Waals surface area (Å²) in [5.74, 6) is 0.649. The van der Waals surface area contributed by atoms with Crippen molar-refractivity contribution >= 4 is 17.2 Å². The van der Waals surface area contributed by atoms with Gasteiger partial charge in [-0.3, -0.25) is 4.79 Å². The maximum Gasteiger partial charge on any atom is 0.261 e. The Morgan fingerprint density at radius 3 is 2.94 bits per heavy atom. The second-order valence-corrected chi connectivity index (χ2v) is 5.50. The second-order valence-electron chi connectivity index (χ2n) is 4.33. The molecule has 1 aromatic heterocycles. The van der Waals surface area contributed by atoms with Gasteiger partial charge >= 0.3 is 0 Å². The molecule has 1 atom stereocenters. The molecular formula is C12H18N2OS. The molecule has 1 unspecified atom stereocenters. The lowest BCUT2D eigenvalue weighted by atomic mass is 10.2. The maximum absolute atomic E-state index is 11.8. The van der Waals surface area contributed by atoms with Crippen LogP contribution in [0.2, 0.25) is 0 Å². The van der Waals surface area contributed by atoms with Gasteiger partial charge in [-0.2, -0.15) is 0 Å². The number of thiophene rings is 1. The Morgan fingerprint density at radius 1 is 1.62 bits per heavy atom. The highest BCUT2D eigenvalue weighted by molar-refractivity contribution is 7.14. The molecule has 0 aliphatic heterocycles. The van der Waals surface area contributed by atoms with Crippen molar-refractivity contribution in [1.82, 2.24) is 5.32 Å². The van der Waals surface area contributed by atoms with Gasteiger partial charge in [-0.05, 0) is 37.3 Å². The average molecular weight is 238 g/mol. The number of hydrogen-bond donors (Lipinski definition) is 2. The lowest BCUT2D eigenvalue weighted by Crippen LogP contribution is -2.38. The number of nitrogens with two attached hydrogens (primary N) is 1. The van der Waals surface area contributed by atoms with Crippen molar-refractivity contribution in [3.05, 3.63) is 21.9 Å². The lowest BCUT2D eigenvalue weighted by molar-refractivity contribution is 0.0954. The Morgan fingerprint density at radius 2 is 2.38 bits per heavy atom. The van der Waals surface area contributed by atoms with Gasteiger partial charge in [0.05, 0.1) is 4.88 Å². The van der Waals surface area contributed by atoms with E-state index in [0.29, 0.717) is 12.5 Å². The predicted octanol–water partition coefficient (Wildman–Crippen LogP) is 1.78. The first-order chi connectivity index (χ1) is 7.70. The molecule has 88 valence electrons. The summed E-state index contributed by atoms with van der Waals surface area (Å²) < 4.78 is 0. The van der Waals surface area contributed by atoms with E-state index in [1.54, 1.807) is 11.3 Å². The topological polar surface area (TPSA) is 55.1 Å². The van der Waals surface area contributed by atoms with Crippen molar-refractivity contribution in [2.45, 2.75) is 32.2 Å². The fourth-order valence-electron chi connectivity index (χ4n) is 1.68. The molecule has 1 heterocycles. The summed E-state index contributed by atoms with van der Waals surface area (Å²) in [5, 5.41) is 2.90. The quantitative estimate of drug-likeness (QED) is 0.821. The number of rotatable bonds is 5. The maximum atomic E-state index is 11.8. The second kappa shape index (κ2) is 4.97. The summed E-state index contributed by atoms with van der Waals surface area (Å²) in [7, 11) is 0. The molecular weight excluding hydrogens is 220 g/mol. The molecule has 0 spiro atoms. The number of carbonyl (C=O) groups is 1. The van der Waals surface area contributed by atoms with Crippen molar-refractivity contribution in [3.8, 4) is 0 Å². The van der Waals surface area contributed by atoms with Crippen LogP contribution in [0.25, 0.3) is 0 Å². The van der Waals surface area contributed by atoms with E-state index in [2.05, 4.69) is 12.2 Å². The fourth-order valence-corrected chi connectivity index (χ4v) is 2.54. The first-order valence-corrected chi connectivity index (χ1v) is 6.65. The van der Waals surface area contributed by atoms with E-state index in [-0.39, 0.29) is 11.9 Å². The van der Waals surface area contributed by atoms with Crippen molar-refractivity contribution in [2.24, 2.45) is 11.7 Å². The third-order valence-electron chi connectivity index (χ3n) is 2.96. The summed E-state index contributed by atoms with van der Waals surface area (Å²) in [6.07, 6.45) is 3.42. The molecule has 4 heteroatoms. The highest BCUT2D eigenvalue weighted by Crippen LogP contribution is 2.31. The van der Waals surface area contributed by atoms with Crippen LogP contribution in [0.5, 0.6) is 0 Å². The van der Waals surface area contributed by atoms with Crippen LogP contribution in [-0.2, 0) is 6.42 Å². The van der Waals surface area contributed by atoms with E-state index >= 15 is 0 Å². The molecule has 1 aliphatic carbocycles. The average Bonchev–Trinajstić information content (AvgIpc) is 3.03. The summed E-state index contributed by atoms with van der Waals surface area (Å²) in [4.78, 5) is 13.8. The molecule has 2 rings (SSSR count). The third kappa shape index (κ3) is 2.83. The Labute approximate surface area is 100 Å². The van der Waals surface area contributed by atoms with Gasteiger partial charge in [0.25, 0.3) is 5.91 Å². The van der Waals surface area contributed by atoms with Crippen LogP contribution in [0.4, 0.5) is 0 Å². The number of nitrogens with one attached hydrogen (secondary N) is 1. The third-order valence-corrected chi connectivity index (χ3v) is 4.19. The minimum Gasteiger partial charge on any atom is -0.350 e. The van der Waals surface area contributed by atoms with Gasteiger partial charge < -0.3 is 11.1 Å². The smallest absolute Gasteiger partial charge is 0.261 e. The predicted molar refractivity (Wildman–Crippen MR) is 66.7 cm³/mol. The summed E-state index contributed by atoms with van der Waals surface area (Å²) in [6, 6.07) is 4.04. The zero-order chi connectivity index (χ0) is 11.5. The standard InChI is InChI=1S/C12H18N2OS/c1-2-9-5-6-11(16-9)12(15)14-7-10(13)8-3-4-8/h5-6,8,10H,2-4,7,13H2,1H3,(H,14,15). The first kappa shape index (κ1) is 11.6. The first-order valence-electron chi connectivity index (χ1n) is 5.83. The zero-order valence-corrected chi connectivity index (χ0v) is 10.3. The van der Waals surface area contributed by atoms with E-state index in [1.807, 2.05) is 12.1 Å². The molecule has 1 fully saturated rings. The molecule has 1 aliphatic rings. The van der Waals surface area contributed by atoms with Gasteiger partial charge in [0.15, 0.2) is 0 Å². The molecule has 16 heavy (non-hydrogen) atoms. The van der Waals surface area contributed by atoms with Crippen LogP contribution < -0.4 is 11.1 Å². The molecule has 0 bridgehead atoms. The van der Waals surface area contributed by atoms with Gasteiger partial charge in [-0.15, -0.1) is 11.3 Å². The normalized spacial score (nSPS) is 17.1. The number of carbonyl (C=O) groups excluding carboxylic acids is 1. The molecule has 0 aromatic carbocycles. The Bertz CT molecular complexity index is 371. The van der Waals surface area contributed by atoms with Crippen LogP contribution in [0.15, 0.2) is 12.1 Å². The highest BCUT2D eigenvalue weighted by Gasteiger charge is 2.28. The molecule has 0 radical (unpaired) electrons. The minimum atomic E-state index is 0.0146. The Kier molecular flexibility index (Phi) is 3.61. The van der Waals surface area contributed by atoms with Gasteiger partial charge in [0, 0.05) is 17.5 Å². The molecule has 1 aromatic rings. The summed E-state index contributed by atoms with van der Waals surface area (Å²) >= 11 is 1.56. The molecule has 0 saturated heterocycles. The lowest BCUT2D eigenvalue weighted by Gasteiger charge is -2.10. The molecule has 1 amide bonds. The van der Waals surface area contributed by atoms with E-state index in [9.17, 15) is 4.79 Å². The number of hydrogen-bond acceptors (Lipinski definition) is 3. The van der Waals surface area contributed by atoms with Crippen LogP contribution in [-0.4, -0.2) is 18.5 Å². The summed E-state index contributed by atoms with van der Waals surface area (Å²) in [5.41, 5.74) is 5.93. The molecule has 3 N–H and O–H groups in total. The van der Waals surface area contributed by atoms with Crippen LogP contribution >= 0.6 is 11.3 Å². The van der Waals surface area contributed by atoms with E-state index in [1.165, 1.54) is 17.7 Å². The fraction of sp³-hybridized carbons (Fsp3) is 0.583. The monoisotopic (exact) mass is 238 g/mol. The van der Waals surface area contributed by atoms with Crippen LogP contribution in [0.3, 0.4) is 0 Å². The van der Waals surface area contributed by atoms with Gasteiger partial charge in [-0.1, -0.05) is 6.92 Å². The van der Waals surface area contributed by atoms with Crippen molar-refractivity contribution < 1.29 is 4.79 Å². The van der Waals surface area contributed by atoms with Gasteiger partial charge in [0.1, 0.15) is 0 Å². The number of aryl methyl sites for hydroxylation is 1. The largest absolute Gasteiger partial charge is 0.350 e.